The first-order valence-corrected chi connectivity index (χ1v) is 20.6. The molecule has 0 spiro atoms. The fraction of sp³-hybridized carbons (Fsp3) is 0. The van der Waals surface area contributed by atoms with Gasteiger partial charge in [-0.05, 0) is 68.8 Å². The van der Waals surface area contributed by atoms with Crippen molar-refractivity contribution in [2.45, 2.75) is 0 Å². The van der Waals surface area contributed by atoms with E-state index in [1.54, 1.807) is 0 Å². The molecule has 0 aliphatic rings. The summed E-state index contributed by atoms with van der Waals surface area (Å²) in [5.74, 6) is 1.51. The average molecular weight is 783 g/mol. The molecule has 1 nitrogen and oxygen atoms in total. The second-order valence-electron chi connectivity index (χ2n) is 14.6. The predicted octanol–water partition coefficient (Wildman–Crippen LogP) is 16.5. The smallest absolute Gasteiger partial charge is 0.141 e. The maximum Gasteiger partial charge on any atom is 0.141 e. The van der Waals surface area contributed by atoms with E-state index < -0.39 is 0 Å². The zero-order valence-electron chi connectivity index (χ0n) is 34.0. The van der Waals surface area contributed by atoms with Crippen LogP contribution in [0.5, 0.6) is 11.5 Å². The molecule has 0 radical (unpaired) electrons. The van der Waals surface area contributed by atoms with Gasteiger partial charge in [0.1, 0.15) is 11.5 Å². The SMILES string of the molecule is C(=Cc1cc(C=Cc2ccccc2)c(Oc2c(C=Cc3ccccc3)cc(C=Cc3ccccc3)cc2C=Cc2ccccc2)c(C=Cc2ccccc2)c1)c1ccccc1. The minimum atomic E-state index is 0.757. The molecule has 0 amide bonds. The van der Waals surface area contributed by atoms with E-state index in [0.29, 0.717) is 0 Å². The monoisotopic (exact) mass is 782 g/mol. The summed E-state index contributed by atoms with van der Waals surface area (Å²) in [5, 5.41) is 0. The highest BCUT2D eigenvalue weighted by Gasteiger charge is 2.16. The highest BCUT2D eigenvalue weighted by molar-refractivity contribution is 5.86. The van der Waals surface area contributed by atoms with Crippen LogP contribution >= 0.6 is 0 Å². The van der Waals surface area contributed by atoms with Crippen molar-refractivity contribution in [2.24, 2.45) is 0 Å². The third-order valence-corrected chi connectivity index (χ3v) is 10.1. The van der Waals surface area contributed by atoms with Crippen LogP contribution in [0.3, 0.4) is 0 Å². The van der Waals surface area contributed by atoms with Crippen molar-refractivity contribution in [1.29, 1.82) is 0 Å². The Kier molecular flexibility index (Phi) is 13.5. The minimum Gasteiger partial charge on any atom is -0.455 e. The molecular formula is C60H46O. The largest absolute Gasteiger partial charge is 0.455 e. The van der Waals surface area contributed by atoms with E-state index in [9.17, 15) is 0 Å². The fourth-order valence-electron chi connectivity index (χ4n) is 6.94. The Morgan fingerprint density at radius 2 is 0.377 bits per heavy atom. The lowest BCUT2D eigenvalue weighted by Gasteiger charge is -2.19. The molecule has 8 aromatic carbocycles. The first kappa shape index (κ1) is 39.8. The normalized spacial score (nSPS) is 11.9. The highest BCUT2D eigenvalue weighted by Crippen LogP contribution is 2.40. The zero-order valence-corrected chi connectivity index (χ0v) is 34.0. The van der Waals surface area contributed by atoms with Gasteiger partial charge >= 0.3 is 0 Å². The molecule has 1 heteroatoms. The summed E-state index contributed by atoms with van der Waals surface area (Å²) in [4.78, 5) is 0. The van der Waals surface area contributed by atoms with Crippen molar-refractivity contribution < 1.29 is 4.74 Å². The van der Waals surface area contributed by atoms with Crippen LogP contribution in [0.25, 0.3) is 72.9 Å². The van der Waals surface area contributed by atoms with Gasteiger partial charge in [-0.1, -0.05) is 255 Å². The first-order chi connectivity index (χ1) is 30.2. The van der Waals surface area contributed by atoms with Crippen LogP contribution in [-0.4, -0.2) is 0 Å². The van der Waals surface area contributed by atoms with E-state index in [1.807, 2.05) is 36.4 Å². The van der Waals surface area contributed by atoms with E-state index in [2.05, 4.69) is 243 Å². The fourth-order valence-corrected chi connectivity index (χ4v) is 6.94. The molecule has 0 N–H and O–H groups in total. The molecule has 0 bridgehead atoms. The molecule has 0 atom stereocenters. The lowest BCUT2D eigenvalue weighted by atomic mass is 9.98. The maximum absolute atomic E-state index is 7.44. The van der Waals surface area contributed by atoms with Crippen molar-refractivity contribution in [3.8, 4) is 11.5 Å². The van der Waals surface area contributed by atoms with Gasteiger partial charge in [0.2, 0.25) is 0 Å². The third kappa shape index (κ3) is 11.6. The van der Waals surface area contributed by atoms with Crippen molar-refractivity contribution in [3.63, 3.8) is 0 Å². The van der Waals surface area contributed by atoms with Crippen molar-refractivity contribution in [1.82, 2.24) is 0 Å². The molecule has 0 fully saturated rings. The first-order valence-electron chi connectivity index (χ1n) is 20.6. The summed E-state index contributed by atoms with van der Waals surface area (Å²) in [7, 11) is 0. The molecule has 0 unspecified atom stereocenters. The number of ether oxygens (including phenoxy) is 1. The Hall–Kier alpha value is -8.00. The van der Waals surface area contributed by atoms with Gasteiger partial charge in [0, 0.05) is 22.3 Å². The lowest BCUT2D eigenvalue weighted by molar-refractivity contribution is 0.478. The van der Waals surface area contributed by atoms with Crippen LogP contribution in [0.15, 0.2) is 206 Å². The average Bonchev–Trinajstić information content (AvgIpc) is 3.33. The van der Waals surface area contributed by atoms with Gasteiger partial charge in [0.25, 0.3) is 0 Å². The van der Waals surface area contributed by atoms with Crippen LogP contribution < -0.4 is 4.74 Å². The van der Waals surface area contributed by atoms with Gasteiger partial charge in [-0.25, -0.2) is 0 Å². The molecule has 0 heterocycles. The summed E-state index contributed by atoms with van der Waals surface area (Å²) in [6.07, 6.45) is 26.0. The van der Waals surface area contributed by atoms with Gasteiger partial charge in [0.05, 0.1) is 0 Å². The van der Waals surface area contributed by atoms with Crippen LogP contribution in [0.2, 0.25) is 0 Å². The van der Waals surface area contributed by atoms with Crippen LogP contribution in [0.1, 0.15) is 66.8 Å². The summed E-state index contributed by atoms with van der Waals surface area (Å²) >= 11 is 0. The number of hydrogen-bond acceptors (Lipinski definition) is 1. The maximum atomic E-state index is 7.44. The Morgan fingerprint density at radius 3 is 0.590 bits per heavy atom. The Balaban J connectivity index is 1.34. The molecule has 0 aromatic heterocycles. The molecule has 8 aromatic rings. The quantitative estimate of drug-likeness (QED) is 0.0999. The van der Waals surface area contributed by atoms with Crippen LogP contribution in [0.4, 0.5) is 0 Å². The van der Waals surface area contributed by atoms with Gasteiger partial charge in [-0.3, -0.25) is 0 Å². The number of rotatable bonds is 14. The van der Waals surface area contributed by atoms with E-state index in [-0.39, 0.29) is 0 Å². The number of hydrogen-bond donors (Lipinski definition) is 0. The van der Waals surface area contributed by atoms with Crippen molar-refractivity contribution >= 4 is 72.9 Å². The summed E-state index contributed by atoms with van der Waals surface area (Å²) in [6.45, 7) is 0. The molecule has 0 aliphatic carbocycles. The van der Waals surface area contributed by atoms with Gasteiger partial charge in [-0.15, -0.1) is 0 Å². The Bertz CT molecular complexity index is 2470. The summed E-state index contributed by atoms with van der Waals surface area (Å²) in [5.41, 5.74) is 12.6. The number of benzene rings is 8. The predicted molar refractivity (Wildman–Crippen MR) is 265 cm³/mol. The minimum absolute atomic E-state index is 0.757. The zero-order chi connectivity index (χ0) is 41.3. The van der Waals surface area contributed by atoms with E-state index in [1.165, 1.54) is 0 Å². The van der Waals surface area contributed by atoms with Crippen LogP contribution in [-0.2, 0) is 0 Å². The Morgan fingerprint density at radius 1 is 0.197 bits per heavy atom. The topological polar surface area (TPSA) is 9.23 Å². The molecule has 292 valence electrons. The van der Waals surface area contributed by atoms with Gasteiger partial charge in [-0.2, -0.15) is 0 Å². The summed E-state index contributed by atoms with van der Waals surface area (Å²) in [6, 6.07) is 71.3. The lowest BCUT2D eigenvalue weighted by Crippen LogP contribution is -1.98. The molecule has 0 aliphatic heterocycles. The van der Waals surface area contributed by atoms with Crippen molar-refractivity contribution in [3.05, 3.63) is 273 Å². The summed E-state index contributed by atoms with van der Waals surface area (Å²) < 4.78 is 7.44. The third-order valence-electron chi connectivity index (χ3n) is 10.1. The molecule has 8 rings (SSSR count). The molecule has 61 heavy (non-hydrogen) atoms. The van der Waals surface area contributed by atoms with Crippen molar-refractivity contribution in [2.75, 3.05) is 0 Å². The van der Waals surface area contributed by atoms with E-state index >= 15 is 0 Å². The van der Waals surface area contributed by atoms with Crippen LogP contribution in [0, 0.1) is 0 Å². The molecule has 0 saturated carbocycles. The molecule has 0 saturated heterocycles. The second kappa shape index (κ2) is 20.6. The van der Waals surface area contributed by atoms with E-state index in [4.69, 9.17) is 4.74 Å². The standard InChI is InChI=1S/C60H46O/c1-7-19-47(20-8-1)31-33-53-43-55(39-35-49-23-11-3-12-24-49)59(56(44-53)40-36-50-25-13-4-14-26-50)61-60-57(41-37-51-27-15-5-16-28-51)45-54(34-32-48-21-9-2-10-22-48)46-58(60)42-38-52-29-17-6-18-30-52/h1-46H. The van der Waals surface area contributed by atoms with Gasteiger partial charge < -0.3 is 4.74 Å². The highest BCUT2D eigenvalue weighted by atomic mass is 16.5. The Labute approximate surface area is 360 Å². The second-order valence-corrected chi connectivity index (χ2v) is 14.6. The van der Waals surface area contributed by atoms with E-state index in [0.717, 1.165) is 78.3 Å². The van der Waals surface area contributed by atoms with Gasteiger partial charge in [0.15, 0.2) is 0 Å². The molecular weight excluding hydrogens is 737 g/mol.